The van der Waals surface area contributed by atoms with Crippen molar-refractivity contribution in [3.8, 4) is 0 Å². The van der Waals surface area contributed by atoms with Gasteiger partial charge in [0.05, 0.1) is 0 Å². The topological polar surface area (TPSA) is 60.1 Å². The Bertz CT molecular complexity index is 808. The minimum Gasteiger partial charge on any atom is -0.307 e. The number of hydrogen-bond donors (Lipinski definition) is 0. The number of benzene rings is 1. The molecule has 116 valence electrons. The Morgan fingerprint density at radius 2 is 2.18 bits per heavy atom. The molecule has 0 aliphatic carbocycles. The maximum Gasteiger partial charge on any atom is 0.346 e. The highest BCUT2D eigenvalue weighted by Crippen LogP contribution is 2.34. The highest BCUT2D eigenvalue weighted by Gasteiger charge is 2.31. The van der Waals surface area contributed by atoms with Crippen molar-refractivity contribution >= 4 is 23.2 Å². The van der Waals surface area contributed by atoms with Gasteiger partial charge in [0.1, 0.15) is 12.4 Å². The van der Waals surface area contributed by atoms with E-state index in [2.05, 4.69) is 5.10 Å². The number of anilines is 1. The Labute approximate surface area is 132 Å². The van der Waals surface area contributed by atoms with Crippen LogP contribution in [0.5, 0.6) is 0 Å². The molecule has 2 heterocycles. The van der Waals surface area contributed by atoms with Crippen molar-refractivity contribution in [1.29, 1.82) is 0 Å². The number of amides is 1. The van der Waals surface area contributed by atoms with E-state index >= 15 is 0 Å². The molecule has 3 rings (SSSR count). The first-order valence-electron chi connectivity index (χ1n) is 7.09. The molecule has 1 unspecified atom stereocenters. The average molecular weight is 321 g/mol. The standard InChI is InChI=1S/C15H17ClN4O2/c1-9-6-11-7-12(16)4-5-13(11)20(9)14(21)8-19-15(22)18(3)10(2)17-19/h4-5,7,9H,6,8H2,1-3H3. The van der Waals surface area contributed by atoms with Crippen molar-refractivity contribution in [2.45, 2.75) is 32.9 Å². The van der Waals surface area contributed by atoms with Crippen LogP contribution in [0.2, 0.25) is 5.02 Å². The smallest absolute Gasteiger partial charge is 0.307 e. The van der Waals surface area contributed by atoms with Gasteiger partial charge >= 0.3 is 5.69 Å². The van der Waals surface area contributed by atoms with Gasteiger partial charge in [-0.15, -0.1) is 0 Å². The van der Waals surface area contributed by atoms with E-state index in [1.165, 1.54) is 9.25 Å². The first-order valence-corrected chi connectivity index (χ1v) is 7.47. The summed E-state index contributed by atoms with van der Waals surface area (Å²) in [7, 11) is 1.64. The van der Waals surface area contributed by atoms with Crippen LogP contribution in [-0.4, -0.2) is 26.3 Å². The van der Waals surface area contributed by atoms with Crippen LogP contribution in [0.25, 0.3) is 0 Å². The molecule has 22 heavy (non-hydrogen) atoms. The summed E-state index contributed by atoms with van der Waals surface area (Å²) in [6.07, 6.45) is 0.762. The lowest BCUT2D eigenvalue weighted by molar-refractivity contribution is -0.119. The molecule has 0 fully saturated rings. The molecule has 1 aromatic carbocycles. The summed E-state index contributed by atoms with van der Waals surface area (Å²) in [4.78, 5) is 26.3. The fourth-order valence-electron chi connectivity index (χ4n) is 2.88. The predicted octanol–water partition coefficient (Wildman–Crippen LogP) is 1.52. The summed E-state index contributed by atoms with van der Waals surface area (Å²) in [5.74, 6) is 0.438. The molecular formula is C15H17ClN4O2. The Morgan fingerprint density at radius 3 is 2.82 bits per heavy atom. The Balaban J connectivity index is 1.90. The zero-order valence-corrected chi connectivity index (χ0v) is 13.5. The maximum absolute atomic E-state index is 12.6. The summed E-state index contributed by atoms with van der Waals surface area (Å²) in [6.45, 7) is 3.66. The van der Waals surface area contributed by atoms with Gasteiger partial charge in [-0.05, 0) is 44.0 Å². The Hall–Kier alpha value is -2.08. The molecule has 0 saturated heterocycles. The second kappa shape index (κ2) is 5.28. The van der Waals surface area contributed by atoms with Crippen molar-refractivity contribution in [1.82, 2.24) is 14.3 Å². The Kier molecular flexibility index (Phi) is 3.56. The number of aromatic nitrogens is 3. The summed E-state index contributed by atoms with van der Waals surface area (Å²) < 4.78 is 2.63. The first kappa shape index (κ1) is 14.8. The van der Waals surface area contributed by atoms with Crippen molar-refractivity contribution in [2.24, 2.45) is 7.05 Å². The van der Waals surface area contributed by atoms with Crippen LogP contribution in [0, 0.1) is 6.92 Å². The van der Waals surface area contributed by atoms with Crippen molar-refractivity contribution in [3.63, 3.8) is 0 Å². The van der Waals surface area contributed by atoms with Gasteiger partial charge in [0, 0.05) is 23.8 Å². The van der Waals surface area contributed by atoms with Crippen LogP contribution < -0.4 is 10.6 Å². The molecular weight excluding hydrogens is 304 g/mol. The molecule has 0 radical (unpaired) electrons. The van der Waals surface area contributed by atoms with Gasteiger partial charge in [0.15, 0.2) is 0 Å². The molecule has 6 nitrogen and oxygen atoms in total. The Morgan fingerprint density at radius 1 is 1.45 bits per heavy atom. The lowest BCUT2D eigenvalue weighted by Crippen LogP contribution is -2.40. The van der Waals surface area contributed by atoms with Crippen LogP contribution in [0.15, 0.2) is 23.0 Å². The molecule has 0 spiro atoms. The van der Waals surface area contributed by atoms with Crippen molar-refractivity contribution in [3.05, 3.63) is 45.1 Å². The molecule has 1 amide bonds. The van der Waals surface area contributed by atoms with Gasteiger partial charge in [-0.25, -0.2) is 9.48 Å². The molecule has 2 aromatic rings. The zero-order chi connectivity index (χ0) is 16.0. The monoisotopic (exact) mass is 320 g/mol. The third-order valence-electron chi connectivity index (χ3n) is 4.07. The fourth-order valence-corrected chi connectivity index (χ4v) is 3.08. The molecule has 1 aliphatic rings. The van der Waals surface area contributed by atoms with E-state index in [0.29, 0.717) is 10.8 Å². The average Bonchev–Trinajstić information content (AvgIpc) is 2.90. The number of carbonyl (C=O) groups excluding carboxylic acids is 1. The number of rotatable bonds is 2. The summed E-state index contributed by atoms with van der Waals surface area (Å²) >= 11 is 6.01. The van der Waals surface area contributed by atoms with E-state index in [1.54, 1.807) is 24.9 Å². The fraction of sp³-hybridized carbons (Fsp3) is 0.400. The number of carbonyl (C=O) groups is 1. The van der Waals surface area contributed by atoms with E-state index in [0.717, 1.165) is 17.7 Å². The molecule has 1 atom stereocenters. The van der Waals surface area contributed by atoms with Crippen LogP contribution in [-0.2, 0) is 24.8 Å². The van der Waals surface area contributed by atoms with Crippen LogP contribution in [0.1, 0.15) is 18.3 Å². The van der Waals surface area contributed by atoms with E-state index in [-0.39, 0.29) is 24.2 Å². The highest BCUT2D eigenvalue weighted by molar-refractivity contribution is 6.30. The maximum atomic E-state index is 12.6. The van der Waals surface area contributed by atoms with Gasteiger partial charge in [0.2, 0.25) is 5.91 Å². The molecule has 0 saturated carbocycles. The minimum atomic E-state index is -0.283. The SMILES string of the molecule is Cc1nn(CC(=O)N2c3ccc(Cl)cc3CC2C)c(=O)n1C. The number of aryl methyl sites for hydroxylation is 1. The van der Waals surface area contributed by atoms with E-state index in [4.69, 9.17) is 11.6 Å². The molecule has 0 bridgehead atoms. The third kappa shape index (κ3) is 2.33. The minimum absolute atomic E-state index is 0.0430. The quantitative estimate of drug-likeness (QED) is 0.843. The van der Waals surface area contributed by atoms with E-state index in [9.17, 15) is 9.59 Å². The van der Waals surface area contributed by atoms with Gasteiger partial charge < -0.3 is 4.90 Å². The summed E-state index contributed by atoms with van der Waals surface area (Å²) in [5.41, 5.74) is 1.63. The van der Waals surface area contributed by atoms with Gasteiger partial charge in [-0.1, -0.05) is 11.6 Å². The second-order valence-corrected chi connectivity index (χ2v) is 6.07. The number of hydrogen-bond acceptors (Lipinski definition) is 3. The number of nitrogens with zero attached hydrogens (tertiary/aromatic N) is 4. The van der Waals surface area contributed by atoms with Gasteiger partial charge in [-0.2, -0.15) is 5.10 Å². The molecule has 1 aromatic heterocycles. The molecule has 7 heteroatoms. The predicted molar refractivity (Wildman–Crippen MR) is 84.3 cm³/mol. The lowest BCUT2D eigenvalue weighted by Gasteiger charge is -2.22. The normalized spacial score (nSPS) is 16.9. The molecule has 1 aliphatic heterocycles. The number of halogens is 1. The van der Waals surface area contributed by atoms with E-state index < -0.39 is 0 Å². The highest BCUT2D eigenvalue weighted by atomic mass is 35.5. The zero-order valence-electron chi connectivity index (χ0n) is 12.7. The van der Waals surface area contributed by atoms with Crippen LogP contribution in [0.4, 0.5) is 5.69 Å². The van der Waals surface area contributed by atoms with Crippen molar-refractivity contribution < 1.29 is 4.79 Å². The van der Waals surface area contributed by atoms with Gasteiger partial charge in [0.25, 0.3) is 0 Å². The second-order valence-electron chi connectivity index (χ2n) is 5.64. The summed E-state index contributed by atoms with van der Waals surface area (Å²) in [5, 5.41) is 4.78. The van der Waals surface area contributed by atoms with E-state index in [1.807, 2.05) is 19.1 Å². The summed E-state index contributed by atoms with van der Waals surface area (Å²) in [6, 6.07) is 5.56. The first-order chi connectivity index (χ1) is 10.4. The molecule has 0 N–H and O–H groups in total. The lowest BCUT2D eigenvalue weighted by atomic mass is 10.1. The largest absolute Gasteiger partial charge is 0.346 e. The number of fused-ring (bicyclic) bond motifs is 1. The third-order valence-corrected chi connectivity index (χ3v) is 4.30. The van der Waals surface area contributed by atoms with Crippen LogP contribution >= 0.6 is 11.6 Å². The van der Waals surface area contributed by atoms with Gasteiger partial charge in [-0.3, -0.25) is 9.36 Å². The van der Waals surface area contributed by atoms with Crippen molar-refractivity contribution in [2.75, 3.05) is 4.90 Å². The van der Waals surface area contributed by atoms with Crippen LogP contribution in [0.3, 0.4) is 0 Å².